The van der Waals surface area contributed by atoms with Crippen LogP contribution >= 0.6 is 15.9 Å². The summed E-state index contributed by atoms with van der Waals surface area (Å²) in [6.45, 7) is 0. The van der Waals surface area contributed by atoms with Gasteiger partial charge in [0.1, 0.15) is 6.10 Å². The fraction of sp³-hybridized carbons (Fsp3) is 0.500. The summed E-state index contributed by atoms with van der Waals surface area (Å²) >= 11 is 2.94. The lowest BCUT2D eigenvalue weighted by Gasteiger charge is -2.13. The predicted molar refractivity (Wildman–Crippen MR) is 42.0 cm³/mol. The summed E-state index contributed by atoms with van der Waals surface area (Å²) in [6, 6.07) is 0. The number of halogens is 1. The molecule has 0 bridgehead atoms. The molecule has 0 aromatic carbocycles. The Morgan fingerprint density at radius 2 is 2.17 bits per heavy atom. The number of rotatable bonds is 2. The van der Waals surface area contributed by atoms with E-state index in [9.17, 15) is 4.79 Å². The van der Waals surface area contributed by atoms with Gasteiger partial charge in [0.25, 0.3) is 0 Å². The van der Waals surface area contributed by atoms with Crippen LogP contribution in [0, 0.1) is 0 Å². The minimum atomic E-state index is -1.16. The monoisotopic (exact) mass is 238 g/mol. The first-order chi connectivity index (χ1) is 5.57. The normalized spacial score (nSPS) is 25.8. The summed E-state index contributed by atoms with van der Waals surface area (Å²) in [5, 5.41) is 27.1. The third-order valence-corrected chi connectivity index (χ3v) is 2.11. The molecule has 5 nitrogen and oxygen atoms in total. The number of carbonyl (C=O) groups is 1. The van der Waals surface area contributed by atoms with E-state index in [4.69, 9.17) is 15.3 Å². The second-order valence-electron chi connectivity index (χ2n) is 2.28. The molecule has 3 N–H and O–H groups in total. The third kappa shape index (κ3) is 1.39. The Hall–Kier alpha value is -0.750. The molecule has 0 radical (unpaired) electrons. The quantitative estimate of drug-likeness (QED) is 0.466. The molecule has 2 unspecified atom stereocenters. The average Bonchev–Trinajstić information content (AvgIpc) is 2.32. The summed E-state index contributed by atoms with van der Waals surface area (Å²) in [6.07, 6.45) is -2.21. The van der Waals surface area contributed by atoms with Crippen molar-refractivity contribution < 1.29 is 24.9 Å². The van der Waals surface area contributed by atoms with Gasteiger partial charge < -0.3 is 20.1 Å². The van der Waals surface area contributed by atoms with Gasteiger partial charge in [-0.2, -0.15) is 0 Å². The number of hydrogen-bond acceptors (Lipinski definition) is 5. The van der Waals surface area contributed by atoms with Crippen molar-refractivity contribution in [3.8, 4) is 0 Å². The molecular weight excluding hydrogens is 232 g/mol. The molecule has 0 spiro atoms. The minimum Gasteiger partial charge on any atom is -0.505 e. The average molecular weight is 239 g/mol. The molecule has 0 aliphatic carbocycles. The lowest BCUT2D eigenvalue weighted by atomic mass is 10.2. The van der Waals surface area contributed by atoms with Crippen molar-refractivity contribution in [1.29, 1.82) is 0 Å². The van der Waals surface area contributed by atoms with E-state index in [0.29, 0.717) is 0 Å². The zero-order valence-corrected chi connectivity index (χ0v) is 7.48. The number of hydrogen-bond donors (Lipinski definition) is 3. The van der Waals surface area contributed by atoms with Gasteiger partial charge in [-0.05, 0) is 0 Å². The Morgan fingerprint density at radius 1 is 1.58 bits per heavy atom. The molecule has 1 rings (SSSR count). The van der Waals surface area contributed by atoms with Gasteiger partial charge >= 0.3 is 5.97 Å². The molecule has 2 atom stereocenters. The van der Waals surface area contributed by atoms with Gasteiger partial charge in [0.2, 0.25) is 5.76 Å². The van der Waals surface area contributed by atoms with E-state index in [2.05, 4.69) is 20.7 Å². The summed E-state index contributed by atoms with van der Waals surface area (Å²) in [7, 11) is 0. The first-order valence-electron chi connectivity index (χ1n) is 3.15. The van der Waals surface area contributed by atoms with Crippen LogP contribution in [-0.4, -0.2) is 38.8 Å². The van der Waals surface area contributed by atoms with Crippen LogP contribution in [0.1, 0.15) is 0 Å². The van der Waals surface area contributed by atoms with Crippen LogP contribution in [-0.2, 0) is 9.53 Å². The van der Waals surface area contributed by atoms with Crippen molar-refractivity contribution in [3.05, 3.63) is 11.5 Å². The van der Waals surface area contributed by atoms with Crippen molar-refractivity contribution >= 4 is 21.9 Å². The largest absolute Gasteiger partial charge is 0.505 e. The van der Waals surface area contributed by atoms with Gasteiger partial charge in [-0.1, -0.05) is 15.9 Å². The number of cyclic esters (lactones) is 1. The Labute approximate surface area is 76.4 Å². The third-order valence-electron chi connectivity index (χ3n) is 1.45. The van der Waals surface area contributed by atoms with E-state index in [1.54, 1.807) is 0 Å². The van der Waals surface area contributed by atoms with Gasteiger partial charge in [-0.25, -0.2) is 4.79 Å². The standard InChI is InChI=1S/C6H7BrO5/c7-1-2(8)5-3(9)4(10)6(11)12-5/h2,5,8-10H,1H2. The number of aliphatic hydroxyl groups excluding tert-OH is 3. The Morgan fingerprint density at radius 3 is 2.50 bits per heavy atom. The maximum Gasteiger partial charge on any atom is 0.377 e. The van der Waals surface area contributed by atoms with E-state index < -0.39 is 29.7 Å². The van der Waals surface area contributed by atoms with Crippen LogP contribution < -0.4 is 0 Å². The second kappa shape index (κ2) is 3.32. The molecule has 0 fully saturated rings. The van der Waals surface area contributed by atoms with Crippen molar-refractivity contribution in [2.24, 2.45) is 0 Å². The maximum atomic E-state index is 10.6. The Kier molecular flexibility index (Phi) is 2.58. The number of alkyl halides is 1. The number of esters is 1. The van der Waals surface area contributed by atoms with Crippen LogP contribution in [0.25, 0.3) is 0 Å². The van der Waals surface area contributed by atoms with Crippen molar-refractivity contribution in [1.82, 2.24) is 0 Å². The first-order valence-corrected chi connectivity index (χ1v) is 4.27. The van der Waals surface area contributed by atoms with Gasteiger partial charge in [-0.15, -0.1) is 0 Å². The Bertz CT molecular complexity index is 236. The first kappa shape index (κ1) is 9.34. The van der Waals surface area contributed by atoms with Gasteiger partial charge in [-0.3, -0.25) is 0 Å². The zero-order valence-electron chi connectivity index (χ0n) is 5.90. The van der Waals surface area contributed by atoms with E-state index in [1.165, 1.54) is 0 Å². The molecule has 0 amide bonds. The predicted octanol–water partition coefficient (Wildman–Crippen LogP) is -0.00480. The summed E-state index contributed by atoms with van der Waals surface area (Å²) in [4.78, 5) is 10.6. The molecular formula is C6H7BrO5. The van der Waals surface area contributed by atoms with Gasteiger partial charge in [0.15, 0.2) is 11.9 Å². The summed E-state index contributed by atoms with van der Waals surface area (Å²) in [5.41, 5.74) is 0. The number of ether oxygens (including phenoxy) is 1. The minimum absolute atomic E-state index is 0.141. The van der Waals surface area contributed by atoms with Crippen LogP contribution in [0.4, 0.5) is 0 Å². The fourth-order valence-electron chi connectivity index (χ4n) is 0.808. The topological polar surface area (TPSA) is 87.0 Å². The lowest BCUT2D eigenvalue weighted by Crippen LogP contribution is -2.29. The molecule has 0 aromatic heterocycles. The molecule has 68 valence electrons. The van der Waals surface area contributed by atoms with Crippen LogP contribution in [0.15, 0.2) is 11.5 Å². The van der Waals surface area contributed by atoms with Crippen LogP contribution in [0.5, 0.6) is 0 Å². The highest BCUT2D eigenvalue weighted by atomic mass is 79.9. The number of aliphatic hydroxyl groups is 3. The second-order valence-corrected chi connectivity index (χ2v) is 2.93. The summed E-state index contributed by atoms with van der Waals surface area (Å²) in [5.74, 6) is -2.47. The molecule has 1 aliphatic rings. The van der Waals surface area contributed by atoms with E-state index in [-0.39, 0.29) is 5.33 Å². The highest BCUT2D eigenvalue weighted by molar-refractivity contribution is 9.09. The molecule has 12 heavy (non-hydrogen) atoms. The molecule has 0 aromatic rings. The molecule has 1 heterocycles. The fourth-order valence-corrected chi connectivity index (χ4v) is 1.15. The molecule has 0 saturated heterocycles. The van der Waals surface area contributed by atoms with E-state index in [0.717, 1.165) is 0 Å². The van der Waals surface area contributed by atoms with Crippen LogP contribution in [0.3, 0.4) is 0 Å². The summed E-state index contributed by atoms with van der Waals surface area (Å²) < 4.78 is 4.45. The molecule has 0 saturated carbocycles. The molecule has 1 aliphatic heterocycles. The van der Waals surface area contributed by atoms with Crippen molar-refractivity contribution in [2.75, 3.05) is 5.33 Å². The SMILES string of the molecule is O=C1OC(C(O)CBr)C(O)=C1O. The lowest BCUT2D eigenvalue weighted by molar-refractivity contribution is -0.146. The molecule has 6 heteroatoms. The smallest absolute Gasteiger partial charge is 0.377 e. The van der Waals surface area contributed by atoms with Gasteiger partial charge in [0.05, 0.1) is 0 Å². The van der Waals surface area contributed by atoms with Crippen molar-refractivity contribution in [2.45, 2.75) is 12.2 Å². The van der Waals surface area contributed by atoms with Crippen molar-refractivity contribution in [3.63, 3.8) is 0 Å². The maximum absolute atomic E-state index is 10.6. The highest BCUT2D eigenvalue weighted by Crippen LogP contribution is 2.21. The highest BCUT2D eigenvalue weighted by Gasteiger charge is 2.38. The van der Waals surface area contributed by atoms with Gasteiger partial charge in [0, 0.05) is 5.33 Å². The number of carbonyl (C=O) groups excluding carboxylic acids is 1. The van der Waals surface area contributed by atoms with Crippen LogP contribution in [0.2, 0.25) is 0 Å². The van der Waals surface area contributed by atoms with E-state index in [1.807, 2.05) is 0 Å². The van der Waals surface area contributed by atoms with E-state index >= 15 is 0 Å². The Balaban J connectivity index is 2.80. The zero-order chi connectivity index (χ0) is 9.30.